The predicted octanol–water partition coefficient (Wildman–Crippen LogP) is 3.55. The Bertz CT molecular complexity index is 1420. The summed E-state index contributed by atoms with van der Waals surface area (Å²) in [5.74, 6) is -2.70. The van der Waals surface area contributed by atoms with Crippen molar-refractivity contribution in [3.8, 4) is 11.3 Å². The van der Waals surface area contributed by atoms with Gasteiger partial charge in [-0.2, -0.15) is 0 Å². The number of halogens is 2. The van der Waals surface area contributed by atoms with Crippen molar-refractivity contribution in [2.24, 2.45) is 0 Å². The van der Waals surface area contributed by atoms with E-state index >= 15 is 0 Å². The lowest BCUT2D eigenvalue weighted by atomic mass is 10.1. The molecule has 0 aliphatic carbocycles. The van der Waals surface area contributed by atoms with Crippen LogP contribution in [0.1, 0.15) is 27.3 Å². The normalized spacial score (nSPS) is 14.0. The lowest BCUT2D eigenvalue weighted by Gasteiger charge is -2.13. The molecule has 0 aliphatic heterocycles. The number of benzene rings is 2. The van der Waals surface area contributed by atoms with Crippen molar-refractivity contribution in [2.45, 2.75) is 19.9 Å². The molecule has 1 amide bonds. The van der Waals surface area contributed by atoms with Crippen molar-refractivity contribution in [1.29, 1.82) is 0 Å². The number of imidazole rings is 1. The summed E-state index contributed by atoms with van der Waals surface area (Å²) < 4.78 is 53.0. The van der Waals surface area contributed by atoms with Gasteiger partial charge in [0.15, 0.2) is 6.10 Å². The fourth-order valence-corrected chi connectivity index (χ4v) is 3.28. The molecule has 2 heterocycles. The molecule has 4 aromatic rings. The van der Waals surface area contributed by atoms with Crippen LogP contribution in [-0.4, -0.2) is 25.4 Å². The molecule has 31 heavy (non-hydrogen) atoms. The number of nitrogens with two attached hydrogens (primary N) is 1. The Morgan fingerprint density at radius 3 is 2.81 bits per heavy atom. The molecule has 0 radical (unpaired) electrons. The molecule has 1 atom stereocenters. The molecule has 4 rings (SSSR count). The third kappa shape index (κ3) is 3.71. The van der Waals surface area contributed by atoms with Crippen LogP contribution in [0.5, 0.6) is 0 Å². The van der Waals surface area contributed by atoms with E-state index in [4.69, 9.17) is 9.85 Å². The van der Waals surface area contributed by atoms with Crippen LogP contribution in [0.2, 0.25) is 0 Å². The van der Waals surface area contributed by atoms with Crippen LogP contribution < -0.4 is 11.1 Å². The maximum atomic E-state index is 14.9. The zero-order valence-electron chi connectivity index (χ0n) is 19.2. The number of nitrogens with zero attached hydrogens (tertiary/aromatic N) is 3. The monoisotopic (exact) mass is 426 g/mol. The Morgan fingerprint density at radius 1 is 1.29 bits per heavy atom. The van der Waals surface area contributed by atoms with Crippen LogP contribution in [-0.2, 0) is 4.79 Å². The summed E-state index contributed by atoms with van der Waals surface area (Å²) in [7, 11) is 0. The molecule has 0 saturated carbocycles. The minimum Gasteiger partial charge on any atom is -0.382 e. The topological polar surface area (TPSA) is 106 Å². The Balaban J connectivity index is 1.70. The second-order valence-electron chi connectivity index (χ2n) is 6.89. The van der Waals surface area contributed by atoms with Crippen LogP contribution in [0.15, 0.2) is 48.7 Å². The lowest BCUT2D eigenvalue weighted by molar-refractivity contribution is -0.124. The third-order valence-electron chi connectivity index (χ3n) is 4.78. The van der Waals surface area contributed by atoms with E-state index in [1.165, 1.54) is 34.9 Å². The lowest BCUT2D eigenvalue weighted by Crippen LogP contribution is -2.21. The van der Waals surface area contributed by atoms with E-state index < -0.39 is 30.5 Å². The highest BCUT2D eigenvalue weighted by atomic mass is 19.1. The number of aliphatic hydroxyl groups is 1. The van der Waals surface area contributed by atoms with Gasteiger partial charge in [0.1, 0.15) is 34.5 Å². The van der Waals surface area contributed by atoms with E-state index in [-0.39, 0.29) is 39.7 Å². The van der Waals surface area contributed by atoms with Crippen molar-refractivity contribution < 1.29 is 22.8 Å². The standard InChI is InChI=1S/C22H19F2N5O2/c1-11-10-26-21(25)19-18(27-12(2)29(11)19)13-6-7-17(16(24)9-13)28-22(31)20(30)14-4-3-5-15(23)8-14/h3-10,20,30H,1-2H3,(H2,25,26)(H,28,31)/i2D3. The highest BCUT2D eigenvalue weighted by Gasteiger charge is 2.21. The van der Waals surface area contributed by atoms with Gasteiger partial charge in [0.05, 0.1) is 5.69 Å². The highest BCUT2D eigenvalue weighted by molar-refractivity contribution is 5.95. The quantitative estimate of drug-likeness (QED) is 0.463. The number of aryl methyl sites for hydroxylation is 2. The van der Waals surface area contributed by atoms with Gasteiger partial charge in [-0.1, -0.05) is 18.2 Å². The van der Waals surface area contributed by atoms with Crippen molar-refractivity contribution in [2.75, 3.05) is 11.1 Å². The van der Waals surface area contributed by atoms with Gasteiger partial charge in [0.2, 0.25) is 0 Å². The van der Waals surface area contributed by atoms with Crippen LogP contribution in [0.3, 0.4) is 0 Å². The van der Waals surface area contributed by atoms with Crippen molar-refractivity contribution in [3.63, 3.8) is 0 Å². The van der Waals surface area contributed by atoms with E-state index in [0.29, 0.717) is 5.69 Å². The molecule has 0 saturated heterocycles. The number of anilines is 2. The van der Waals surface area contributed by atoms with E-state index in [1.54, 1.807) is 6.92 Å². The first-order chi connectivity index (χ1) is 16.0. The number of rotatable bonds is 4. The smallest absolute Gasteiger partial charge is 0.257 e. The molecule has 0 fully saturated rings. The first-order valence-electron chi connectivity index (χ1n) is 10.7. The zero-order valence-corrected chi connectivity index (χ0v) is 16.2. The van der Waals surface area contributed by atoms with Gasteiger partial charge in [-0.05, 0) is 43.6 Å². The van der Waals surface area contributed by atoms with Crippen LogP contribution >= 0.6 is 0 Å². The molecule has 158 valence electrons. The number of carbonyl (C=O) groups excluding carboxylic acids is 1. The minimum atomic E-state index is -2.57. The fourth-order valence-electron chi connectivity index (χ4n) is 3.28. The molecule has 2 aromatic carbocycles. The number of aliphatic hydroxyl groups excluding tert-OH is 1. The molecule has 7 nitrogen and oxygen atoms in total. The summed E-state index contributed by atoms with van der Waals surface area (Å²) in [5.41, 5.74) is 6.75. The number of fused-ring (bicyclic) bond motifs is 1. The SMILES string of the molecule is [2H]C([2H])([2H])c1nc(-c2ccc(NC(=O)C(O)c3cccc(F)c3)c(F)c2)c2c(N)ncc(C)n12. The van der Waals surface area contributed by atoms with Crippen molar-refractivity contribution in [1.82, 2.24) is 14.4 Å². The molecular formula is C22H19F2N5O2. The number of hydrogen-bond donors (Lipinski definition) is 3. The summed E-state index contributed by atoms with van der Waals surface area (Å²) in [6.07, 6.45) is -0.311. The van der Waals surface area contributed by atoms with Gasteiger partial charge >= 0.3 is 0 Å². The average molecular weight is 426 g/mol. The van der Waals surface area contributed by atoms with Gasteiger partial charge in [0, 0.05) is 21.6 Å². The van der Waals surface area contributed by atoms with Gasteiger partial charge in [-0.3, -0.25) is 9.20 Å². The Labute approximate surface area is 180 Å². The molecular weight excluding hydrogens is 404 g/mol. The summed E-state index contributed by atoms with van der Waals surface area (Å²) >= 11 is 0. The molecule has 0 bridgehead atoms. The Morgan fingerprint density at radius 2 is 2.10 bits per heavy atom. The summed E-state index contributed by atoms with van der Waals surface area (Å²) in [5, 5.41) is 12.4. The first kappa shape index (κ1) is 16.9. The van der Waals surface area contributed by atoms with E-state index in [1.807, 2.05) is 0 Å². The average Bonchev–Trinajstić information content (AvgIpc) is 3.20. The van der Waals surface area contributed by atoms with Gasteiger partial charge in [-0.15, -0.1) is 0 Å². The maximum absolute atomic E-state index is 14.9. The number of carbonyl (C=O) groups is 1. The van der Waals surface area contributed by atoms with Gasteiger partial charge in [0.25, 0.3) is 5.91 Å². The maximum Gasteiger partial charge on any atom is 0.257 e. The highest BCUT2D eigenvalue weighted by Crippen LogP contribution is 2.31. The number of nitrogens with one attached hydrogen (secondary N) is 1. The predicted molar refractivity (Wildman–Crippen MR) is 112 cm³/mol. The van der Waals surface area contributed by atoms with E-state index in [9.17, 15) is 18.7 Å². The van der Waals surface area contributed by atoms with Crippen LogP contribution in [0, 0.1) is 25.4 Å². The number of aromatic nitrogens is 3. The number of amides is 1. The van der Waals surface area contributed by atoms with Crippen LogP contribution in [0.4, 0.5) is 20.3 Å². The summed E-state index contributed by atoms with van der Waals surface area (Å²) in [6.45, 7) is -0.928. The van der Waals surface area contributed by atoms with Crippen LogP contribution in [0.25, 0.3) is 16.8 Å². The van der Waals surface area contributed by atoms with E-state index in [0.717, 1.165) is 18.2 Å². The second kappa shape index (κ2) is 7.77. The Hall–Kier alpha value is -3.85. The number of nitrogen functional groups attached to an aromatic ring is 1. The molecule has 0 aliphatic rings. The molecule has 2 aromatic heterocycles. The van der Waals surface area contributed by atoms with Crippen molar-refractivity contribution in [3.05, 3.63) is 77.4 Å². The zero-order chi connectivity index (χ0) is 24.8. The molecule has 1 unspecified atom stereocenters. The largest absolute Gasteiger partial charge is 0.382 e. The van der Waals surface area contributed by atoms with Gasteiger partial charge < -0.3 is 16.2 Å². The summed E-state index contributed by atoms with van der Waals surface area (Å²) in [6, 6.07) is 8.56. The summed E-state index contributed by atoms with van der Waals surface area (Å²) in [4.78, 5) is 20.6. The second-order valence-corrected chi connectivity index (χ2v) is 6.89. The Kier molecular flexibility index (Phi) is 4.23. The van der Waals surface area contributed by atoms with Crippen molar-refractivity contribution >= 4 is 22.9 Å². The molecule has 0 spiro atoms. The molecule has 9 heteroatoms. The fraction of sp³-hybridized carbons (Fsp3) is 0.136. The first-order valence-corrected chi connectivity index (χ1v) is 9.15. The third-order valence-corrected chi connectivity index (χ3v) is 4.78. The van der Waals surface area contributed by atoms with Gasteiger partial charge in [-0.25, -0.2) is 18.7 Å². The number of hydrogen-bond acceptors (Lipinski definition) is 5. The molecule has 4 N–H and O–H groups in total. The minimum absolute atomic E-state index is 0.00884. The van der Waals surface area contributed by atoms with E-state index in [2.05, 4.69) is 15.3 Å².